The third-order valence-electron chi connectivity index (χ3n) is 2.16. The van der Waals surface area contributed by atoms with Crippen molar-refractivity contribution in [2.45, 2.75) is 19.2 Å². The van der Waals surface area contributed by atoms with Crippen LogP contribution in [0.1, 0.15) is 18.3 Å². The summed E-state index contributed by atoms with van der Waals surface area (Å²) >= 11 is 0. The number of rotatable bonds is 3. The van der Waals surface area contributed by atoms with Crippen LogP contribution in [0.15, 0.2) is 11.3 Å². The van der Waals surface area contributed by atoms with Crippen LogP contribution in [-0.2, 0) is 6.54 Å². The molecule has 0 saturated heterocycles. The first-order valence-electron chi connectivity index (χ1n) is 4.67. The number of aliphatic hydroxyl groups is 2. The van der Waals surface area contributed by atoms with Crippen molar-refractivity contribution in [1.82, 2.24) is 14.9 Å². The molecule has 2 rings (SSSR count). The number of hydrogen-bond donors (Lipinski definition) is 4. The fourth-order valence-corrected chi connectivity index (χ4v) is 1.47. The van der Waals surface area contributed by atoms with E-state index in [2.05, 4.69) is 15.3 Å². The molecule has 1 aromatic heterocycles. The van der Waals surface area contributed by atoms with Gasteiger partial charge in [-0.1, -0.05) is 0 Å². The van der Waals surface area contributed by atoms with E-state index in [1.807, 2.05) is 0 Å². The molecule has 0 amide bonds. The van der Waals surface area contributed by atoms with Gasteiger partial charge in [-0.05, 0) is 6.42 Å². The molecule has 7 heteroatoms. The van der Waals surface area contributed by atoms with Crippen LogP contribution < -0.4 is 11.1 Å². The highest BCUT2D eigenvalue weighted by atomic mass is 16.3. The molecule has 1 atom stereocenters. The van der Waals surface area contributed by atoms with Crippen LogP contribution in [0.4, 0.5) is 5.82 Å². The number of aliphatic hydroxyl groups excluding tert-OH is 2. The van der Waals surface area contributed by atoms with Gasteiger partial charge in [0.15, 0.2) is 18.0 Å². The first-order chi connectivity index (χ1) is 7.22. The first-order valence-corrected chi connectivity index (χ1v) is 4.67. The van der Waals surface area contributed by atoms with Gasteiger partial charge in [0.2, 0.25) is 0 Å². The van der Waals surface area contributed by atoms with Gasteiger partial charge in [-0.15, -0.1) is 0 Å². The number of aliphatic imine (C=N–C) groups is 1. The summed E-state index contributed by atoms with van der Waals surface area (Å²) in [6.45, 7) is 0.704. The van der Waals surface area contributed by atoms with Crippen LogP contribution in [-0.4, -0.2) is 32.3 Å². The minimum absolute atomic E-state index is 0.104. The van der Waals surface area contributed by atoms with Gasteiger partial charge in [-0.2, -0.15) is 4.99 Å². The Labute approximate surface area is 86.3 Å². The monoisotopic (exact) mass is 211 g/mol. The molecule has 0 radical (unpaired) electrons. The fraction of sp³-hybridized carbons (Fsp3) is 0.500. The second-order valence-corrected chi connectivity index (χ2v) is 3.27. The lowest BCUT2D eigenvalue weighted by molar-refractivity contribution is 0.156. The largest absolute Gasteiger partial charge is 0.396 e. The standard InChI is InChI=1S/C8H13N5O2/c9-8-11-6-5(7(15)12-8)10-4-13(6)2-1-3-14/h4,7,14-15H,1-3H2,(H3,9,11,12). The third-order valence-corrected chi connectivity index (χ3v) is 2.16. The molecular formula is C8H13N5O2. The number of guanidine groups is 1. The van der Waals surface area contributed by atoms with E-state index in [1.54, 1.807) is 10.9 Å². The molecule has 1 unspecified atom stereocenters. The highest BCUT2D eigenvalue weighted by Crippen LogP contribution is 2.26. The van der Waals surface area contributed by atoms with E-state index in [-0.39, 0.29) is 12.6 Å². The molecule has 1 aromatic rings. The van der Waals surface area contributed by atoms with E-state index in [0.29, 0.717) is 24.5 Å². The second kappa shape index (κ2) is 3.87. The predicted molar refractivity (Wildman–Crippen MR) is 53.3 cm³/mol. The average molecular weight is 211 g/mol. The van der Waals surface area contributed by atoms with Gasteiger partial charge in [-0.3, -0.25) is 0 Å². The number of nitrogens with zero attached hydrogens (tertiary/aromatic N) is 3. The molecule has 0 aliphatic carbocycles. The molecule has 0 spiro atoms. The highest BCUT2D eigenvalue weighted by Gasteiger charge is 2.22. The number of nitrogens with one attached hydrogen (secondary N) is 1. The van der Waals surface area contributed by atoms with Gasteiger partial charge < -0.3 is 25.8 Å². The molecule has 82 valence electrons. The molecule has 15 heavy (non-hydrogen) atoms. The summed E-state index contributed by atoms with van der Waals surface area (Å²) in [7, 11) is 0. The average Bonchev–Trinajstić information content (AvgIpc) is 2.58. The molecule has 7 nitrogen and oxygen atoms in total. The van der Waals surface area contributed by atoms with Crippen LogP contribution in [0.25, 0.3) is 0 Å². The Morgan fingerprint density at radius 1 is 1.60 bits per heavy atom. The summed E-state index contributed by atoms with van der Waals surface area (Å²) < 4.78 is 1.75. The van der Waals surface area contributed by atoms with Crippen LogP contribution in [0.3, 0.4) is 0 Å². The molecule has 0 aromatic carbocycles. The van der Waals surface area contributed by atoms with Crippen LogP contribution in [0.5, 0.6) is 0 Å². The van der Waals surface area contributed by atoms with Crippen molar-refractivity contribution < 1.29 is 10.2 Å². The molecule has 0 bridgehead atoms. The summed E-state index contributed by atoms with van der Waals surface area (Å²) in [6, 6.07) is 0. The molecule has 2 heterocycles. The normalized spacial score (nSPS) is 19.3. The zero-order valence-electron chi connectivity index (χ0n) is 8.09. The van der Waals surface area contributed by atoms with Crippen molar-refractivity contribution >= 4 is 11.8 Å². The quantitative estimate of drug-likeness (QED) is 0.502. The summed E-state index contributed by atoms with van der Waals surface area (Å²) in [6.07, 6.45) is 1.28. The highest BCUT2D eigenvalue weighted by molar-refractivity contribution is 5.82. The molecule has 5 N–H and O–H groups in total. The summed E-state index contributed by atoms with van der Waals surface area (Å²) in [4.78, 5) is 8.08. The van der Waals surface area contributed by atoms with Gasteiger partial charge in [-0.25, -0.2) is 4.98 Å². The number of nitrogens with two attached hydrogens (primary N) is 1. The van der Waals surface area contributed by atoms with Gasteiger partial charge in [0.25, 0.3) is 0 Å². The van der Waals surface area contributed by atoms with E-state index in [9.17, 15) is 5.11 Å². The van der Waals surface area contributed by atoms with Crippen molar-refractivity contribution in [2.24, 2.45) is 10.7 Å². The van der Waals surface area contributed by atoms with Gasteiger partial charge in [0.1, 0.15) is 5.69 Å². The Kier molecular flexibility index (Phi) is 2.57. The van der Waals surface area contributed by atoms with Crippen molar-refractivity contribution in [1.29, 1.82) is 0 Å². The lowest BCUT2D eigenvalue weighted by Gasteiger charge is -2.17. The smallest absolute Gasteiger partial charge is 0.197 e. The number of fused-ring (bicyclic) bond motifs is 1. The minimum atomic E-state index is -0.909. The number of hydrogen-bond acceptors (Lipinski definition) is 6. The van der Waals surface area contributed by atoms with E-state index in [1.165, 1.54) is 0 Å². The van der Waals surface area contributed by atoms with Crippen LogP contribution in [0.2, 0.25) is 0 Å². The van der Waals surface area contributed by atoms with E-state index >= 15 is 0 Å². The van der Waals surface area contributed by atoms with E-state index in [4.69, 9.17) is 10.8 Å². The van der Waals surface area contributed by atoms with Crippen LogP contribution in [0, 0.1) is 0 Å². The summed E-state index contributed by atoms with van der Waals surface area (Å²) in [5.74, 6) is 0.716. The maximum atomic E-state index is 9.57. The topological polar surface area (TPSA) is 109 Å². The maximum absolute atomic E-state index is 9.57. The summed E-state index contributed by atoms with van der Waals surface area (Å²) in [5.41, 5.74) is 5.95. The van der Waals surface area contributed by atoms with Gasteiger partial charge in [0.05, 0.1) is 6.33 Å². The van der Waals surface area contributed by atoms with Crippen molar-refractivity contribution in [3.05, 3.63) is 12.0 Å². The Morgan fingerprint density at radius 3 is 3.13 bits per heavy atom. The lowest BCUT2D eigenvalue weighted by Crippen LogP contribution is -2.37. The molecular weight excluding hydrogens is 198 g/mol. The SMILES string of the molecule is NC1=Nc2c(ncn2CCCO)C(O)N1. The third kappa shape index (κ3) is 1.79. The number of aryl methyl sites for hydroxylation is 1. The zero-order chi connectivity index (χ0) is 10.8. The van der Waals surface area contributed by atoms with Gasteiger partial charge >= 0.3 is 0 Å². The van der Waals surface area contributed by atoms with Gasteiger partial charge in [0, 0.05) is 13.2 Å². The zero-order valence-corrected chi connectivity index (χ0v) is 8.09. The predicted octanol–water partition coefficient (Wildman–Crippen LogP) is -1.19. The summed E-state index contributed by atoms with van der Waals surface area (Å²) in [5, 5.41) is 20.9. The van der Waals surface area contributed by atoms with Crippen molar-refractivity contribution in [3.63, 3.8) is 0 Å². The first kappa shape index (κ1) is 9.94. The minimum Gasteiger partial charge on any atom is -0.396 e. The Hall–Kier alpha value is -1.60. The molecule has 1 aliphatic heterocycles. The Morgan fingerprint density at radius 2 is 2.40 bits per heavy atom. The lowest BCUT2D eigenvalue weighted by atomic mass is 10.3. The van der Waals surface area contributed by atoms with Crippen molar-refractivity contribution in [2.75, 3.05) is 6.61 Å². The fourth-order valence-electron chi connectivity index (χ4n) is 1.47. The Balaban J connectivity index is 2.30. The van der Waals surface area contributed by atoms with E-state index < -0.39 is 6.23 Å². The van der Waals surface area contributed by atoms with E-state index in [0.717, 1.165) is 0 Å². The second-order valence-electron chi connectivity index (χ2n) is 3.27. The molecule has 0 saturated carbocycles. The maximum Gasteiger partial charge on any atom is 0.197 e. The Bertz CT molecular complexity index is 386. The number of imidazole rings is 1. The molecule has 1 aliphatic rings. The number of aromatic nitrogens is 2. The molecule has 0 fully saturated rings. The van der Waals surface area contributed by atoms with Crippen molar-refractivity contribution in [3.8, 4) is 0 Å². The van der Waals surface area contributed by atoms with Crippen LogP contribution >= 0.6 is 0 Å².